The summed E-state index contributed by atoms with van der Waals surface area (Å²) < 4.78 is 10.3. The zero-order valence-electron chi connectivity index (χ0n) is 17.0. The number of nitrogens with zero attached hydrogens (tertiary/aromatic N) is 1. The second kappa shape index (κ2) is 8.65. The number of piperidine rings is 1. The molecule has 152 valence electrons. The predicted molar refractivity (Wildman–Crippen MR) is 109 cm³/mol. The molecule has 0 bridgehead atoms. The standard InChI is InChI=1S/C21H29N3O4/c1-13-10-14(2)12-24(11-13)9-8-17(25)23-19-18-15(6-5-7-16(18)27-3)22-20(19)21(26)28-4/h5-7,13-14,22H,8-12H2,1-4H3,(H,23,25)/t13-,14-/m1/s1. The van der Waals surface area contributed by atoms with Crippen LogP contribution in [0, 0.1) is 11.8 Å². The largest absolute Gasteiger partial charge is 0.496 e. The van der Waals surface area contributed by atoms with E-state index in [4.69, 9.17) is 9.47 Å². The van der Waals surface area contributed by atoms with Crippen LogP contribution in [0.2, 0.25) is 0 Å². The fourth-order valence-electron chi connectivity index (χ4n) is 4.20. The number of likely N-dealkylation sites (tertiary alicyclic amines) is 1. The van der Waals surface area contributed by atoms with Gasteiger partial charge in [-0.05, 0) is 30.4 Å². The zero-order chi connectivity index (χ0) is 20.3. The van der Waals surface area contributed by atoms with Crippen molar-refractivity contribution in [1.82, 2.24) is 9.88 Å². The number of hydrogen-bond acceptors (Lipinski definition) is 5. The number of esters is 1. The highest BCUT2D eigenvalue weighted by Crippen LogP contribution is 2.35. The Morgan fingerprint density at radius 2 is 1.93 bits per heavy atom. The number of anilines is 1. The lowest BCUT2D eigenvalue weighted by Crippen LogP contribution is -2.40. The van der Waals surface area contributed by atoms with Crippen LogP contribution in [-0.4, -0.2) is 55.6 Å². The van der Waals surface area contributed by atoms with Crippen LogP contribution in [-0.2, 0) is 9.53 Å². The van der Waals surface area contributed by atoms with Gasteiger partial charge in [-0.2, -0.15) is 0 Å². The van der Waals surface area contributed by atoms with Gasteiger partial charge in [-0.25, -0.2) is 4.79 Å². The summed E-state index contributed by atoms with van der Waals surface area (Å²) in [6, 6.07) is 5.45. The van der Waals surface area contributed by atoms with Crippen molar-refractivity contribution in [3.8, 4) is 5.75 Å². The van der Waals surface area contributed by atoms with E-state index in [9.17, 15) is 9.59 Å². The molecule has 1 aromatic heterocycles. The Labute approximate surface area is 165 Å². The number of benzene rings is 1. The second-order valence-electron chi connectivity index (χ2n) is 7.75. The fraction of sp³-hybridized carbons (Fsp3) is 0.524. The number of ether oxygens (including phenoxy) is 2. The number of H-pyrrole nitrogens is 1. The van der Waals surface area contributed by atoms with Crippen molar-refractivity contribution < 1.29 is 19.1 Å². The Balaban J connectivity index is 1.78. The molecule has 2 atom stereocenters. The topological polar surface area (TPSA) is 83.7 Å². The first kappa shape index (κ1) is 20.2. The lowest BCUT2D eigenvalue weighted by atomic mass is 9.92. The van der Waals surface area contributed by atoms with E-state index in [-0.39, 0.29) is 11.6 Å². The minimum Gasteiger partial charge on any atom is -0.496 e. The van der Waals surface area contributed by atoms with Crippen LogP contribution in [0.25, 0.3) is 10.9 Å². The molecular formula is C21H29N3O4. The summed E-state index contributed by atoms with van der Waals surface area (Å²) in [7, 11) is 2.87. The summed E-state index contributed by atoms with van der Waals surface area (Å²) in [6.07, 6.45) is 1.60. The van der Waals surface area contributed by atoms with Crippen LogP contribution < -0.4 is 10.1 Å². The van der Waals surface area contributed by atoms with E-state index >= 15 is 0 Å². The van der Waals surface area contributed by atoms with Gasteiger partial charge in [0, 0.05) is 26.1 Å². The van der Waals surface area contributed by atoms with Crippen molar-refractivity contribution in [1.29, 1.82) is 0 Å². The minimum atomic E-state index is -0.535. The number of nitrogens with one attached hydrogen (secondary N) is 2. The maximum atomic E-state index is 12.7. The number of methoxy groups -OCH3 is 2. The third-order valence-corrected chi connectivity index (χ3v) is 5.26. The summed E-state index contributed by atoms with van der Waals surface area (Å²) in [5, 5.41) is 3.57. The third kappa shape index (κ3) is 4.30. The van der Waals surface area contributed by atoms with E-state index in [0.717, 1.165) is 13.1 Å². The average Bonchev–Trinajstić information content (AvgIpc) is 3.03. The molecule has 7 heteroatoms. The number of aromatic nitrogens is 1. The molecule has 0 unspecified atom stereocenters. The van der Waals surface area contributed by atoms with Crippen molar-refractivity contribution in [2.24, 2.45) is 11.8 Å². The fourth-order valence-corrected chi connectivity index (χ4v) is 4.20. The van der Waals surface area contributed by atoms with E-state index in [2.05, 4.69) is 29.0 Å². The van der Waals surface area contributed by atoms with E-state index in [1.54, 1.807) is 13.2 Å². The Morgan fingerprint density at radius 3 is 2.57 bits per heavy atom. The molecule has 3 rings (SSSR count). The number of rotatable bonds is 6. The van der Waals surface area contributed by atoms with Crippen molar-refractivity contribution in [3.63, 3.8) is 0 Å². The van der Waals surface area contributed by atoms with Gasteiger partial charge in [-0.15, -0.1) is 0 Å². The molecule has 0 radical (unpaired) electrons. The van der Waals surface area contributed by atoms with Gasteiger partial charge in [-0.3, -0.25) is 4.79 Å². The number of carbonyl (C=O) groups is 2. The Morgan fingerprint density at radius 1 is 1.21 bits per heavy atom. The smallest absolute Gasteiger partial charge is 0.356 e. The van der Waals surface area contributed by atoms with Gasteiger partial charge in [-0.1, -0.05) is 19.9 Å². The predicted octanol–water partition coefficient (Wildman–Crippen LogP) is 3.27. The van der Waals surface area contributed by atoms with Crippen LogP contribution in [0.4, 0.5) is 5.69 Å². The van der Waals surface area contributed by atoms with E-state index in [1.807, 2.05) is 12.1 Å². The van der Waals surface area contributed by atoms with Gasteiger partial charge >= 0.3 is 5.97 Å². The maximum absolute atomic E-state index is 12.7. The molecule has 7 nitrogen and oxygen atoms in total. The molecular weight excluding hydrogens is 358 g/mol. The monoisotopic (exact) mass is 387 g/mol. The van der Waals surface area contributed by atoms with Gasteiger partial charge in [0.05, 0.1) is 30.8 Å². The van der Waals surface area contributed by atoms with E-state index < -0.39 is 5.97 Å². The molecule has 1 amide bonds. The van der Waals surface area contributed by atoms with Crippen LogP contribution in [0.15, 0.2) is 18.2 Å². The molecule has 0 spiro atoms. The van der Waals surface area contributed by atoms with Crippen molar-refractivity contribution in [2.45, 2.75) is 26.7 Å². The number of fused-ring (bicyclic) bond motifs is 1. The van der Waals surface area contributed by atoms with Gasteiger partial charge in [0.1, 0.15) is 11.4 Å². The van der Waals surface area contributed by atoms with Gasteiger partial charge < -0.3 is 24.7 Å². The van der Waals surface area contributed by atoms with Gasteiger partial charge in [0.25, 0.3) is 0 Å². The van der Waals surface area contributed by atoms with Crippen LogP contribution in [0.1, 0.15) is 37.2 Å². The molecule has 1 aliphatic rings. The zero-order valence-corrected chi connectivity index (χ0v) is 17.0. The molecule has 1 aromatic carbocycles. The highest BCUT2D eigenvalue weighted by atomic mass is 16.5. The highest BCUT2D eigenvalue weighted by Gasteiger charge is 2.24. The molecule has 1 aliphatic heterocycles. The molecule has 0 aliphatic carbocycles. The molecule has 28 heavy (non-hydrogen) atoms. The second-order valence-corrected chi connectivity index (χ2v) is 7.75. The summed E-state index contributed by atoms with van der Waals surface area (Å²) in [5.74, 6) is 1.21. The quantitative estimate of drug-likeness (QED) is 0.743. The number of amides is 1. The number of carbonyl (C=O) groups excluding carboxylic acids is 2. The van der Waals surface area contributed by atoms with E-state index in [1.165, 1.54) is 13.5 Å². The minimum absolute atomic E-state index is 0.136. The molecule has 0 saturated carbocycles. The lowest BCUT2D eigenvalue weighted by molar-refractivity contribution is -0.116. The Bertz CT molecular complexity index is 851. The molecule has 2 heterocycles. The summed E-state index contributed by atoms with van der Waals surface area (Å²) in [4.78, 5) is 30.3. The normalized spacial score (nSPS) is 20.1. The summed E-state index contributed by atoms with van der Waals surface area (Å²) in [5.41, 5.74) is 1.33. The lowest BCUT2D eigenvalue weighted by Gasteiger charge is -2.34. The van der Waals surface area contributed by atoms with Crippen molar-refractivity contribution >= 4 is 28.5 Å². The SMILES string of the molecule is COC(=O)c1[nH]c2cccc(OC)c2c1NC(=O)CCN1C[C@H](C)C[C@@H](C)C1. The maximum Gasteiger partial charge on any atom is 0.356 e. The van der Waals surface area contributed by atoms with Crippen LogP contribution >= 0.6 is 0 Å². The Kier molecular flexibility index (Phi) is 6.24. The van der Waals surface area contributed by atoms with Crippen molar-refractivity contribution in [2.75, 3.05) is 39.2 Å². The average molecular weight is 387 g/mol. The van der Waals surface area contributed by atoms with Crippen LogP contribution in [0.5, 0.6) is 5.75 Å². The van der Waals surface area contributed by atoms with E-state index in [0.29, 0.717) is 47.1 Å². The molecule has 2 N–H and O–H groups in total. The summed E-state index contributed by atoms with van der Waals surface area (Å²) in [6.45, 7) is 7.25. The van der Waals surface area contributed by atoms with Gasteiger partial charge in [0.2, 0.25) is 5.91 Å². The Hall–Kier alpha value is -2.54. The molecule has 1 fully saturated rings. The summed E-state index contributed by atoms with van der Waals surface area (Å²) >= 11 is 0. The van der Waals surface area contributed by atoms with Gasteiger partial charge in [0.15, 0.2) is 0 Å². The first-order chi connectivity index (χ1) is 13.4. The highest BCUT2D eigenvalue weighted by molar-refractivity contribution is 6.12. The van der Waals surface area contributed by atoms with Crippen LogP contribution in [0.3, 0.4) is 0 Å². The third-order valence-electron chi connectivity index (χ3n) is 5.26. The first-order valence-corrected chi connectivity index (χ1v) is 9.72. The van der Waals surface area contributed by atoms with Crippen molar-refractivity contribution in [3.05, 3.63) is 23.9 Å². The first-order valence-electron chi connectivity index (χ1n) is 9.72. The number of aromatic amines is 1. The number of hydrogen-bond donors (Lipinski definition) is 2. The molecule has 2 aromatic rings. The molecule has 1 saturated heterocycles.